The molecule has 1 aromatic rings. The fourth-order valence-corrected chi connectivity index (χ4v) is 5.27. The molecular formula is C25H37N5O5. The van der Waals surface area contributed by atoms with Crippen molar-refractivity contribution in [2.24, 2.45) is 22.4 Å². The molecule has 1 aromatic carbocycles. The van der Waals surface area contributed by atoms with E-state index in [2.05, 4.69) is 4.99 Å². The molecule has 35 heavy (non-hydrogen) atoms. The zero-order valence-electron chi connectivity index (χ0n) is 20.5. The van der Waals surface area contributed by atoms with Gasteiger partial charge in [0.2, 0.25) is 5.91 Å². The molecule has 3 atom stereocenters. The Morgan fingerprint density at radius 1 is 1.17 bits per heavy atom. The molecule has 192 valence electrons. The van der Waals surface area contributed by atoms with Crippen molar-refractivity contribution in [1.29, 1.82) is 0 Å². The topological polar surface area (TPSA) is 163 Å². The number of nitrogens with two attached hydrogens (primary N) is 2. The normalized spacial score (nSPS) is 22.1. The number of carbonyl (C=O) groups excluding carboxylic acids is 2. The van der Waals surface area contributed by atoms with Crippen LogP contribution in [-0.2, 0) is 16.1 Å². The van der Waals surface area contributed by atoms with Crippen LogP contribution in [0.15, 0.2) is 23.2 Å². The van der Waals surface area contributed by atoms with E-state index in [9.17, 15) is 19.5 Å². The summed E-state index contributed by atoms with van der Waals surface area (Å²) in [5.41, 5.74) is 12.4. The number of aliphatic carboxylic acids is 1. The molecule has 0 radical (unpaired) electrons. The van der Waals surface area contributed by atoms with Crippen molar-refractivity contribution in [3.8, 4) is 5.75 Å². The molecule has 2 fully saturated rings. The number of aromatic hydroxyl groups is 1. The van der Waals surface area contributed by atoms with Crippen molar-refractivity contribution in [3.05, 3.63) is 29.3 Å². The highest BCUT2D eigenvalue weighted by Gasteiger charge is 2.42. The Kier molecular flexibility index (Phi) is 8.71. The average molecular weight is 488 g/mol. The van der Waals surface area contributed by atoms with Crippen LogP contribution >= 0.6 is 0 Å². The second-order valence-electron chi connectivity index (χ2n) is 9.74. The zero-order chi connectivity index (χ0) is 25.7. The van der Waals surface area contributed by atoms with Gasteiger partial charge >= 0.3 is 12.0 Å². The van der Waals surface area contributed by atoms with E-state index in [4.69, 9.17) is 16.6 Å². The van der Waals surface area contributed by atoms with E-state index in [1.54, 1.807) is 13.0 Å². The highest BCUT2D eigenvalue weighted by molar-refractivity contribution is 6.01. The largest absolute Gasteiger partial charge is 0.507 e. The van der Waals surface area contributed by atoms with Crippen LogP contribution in [0.5, 0.6) is 5.75 Å². The van der Waals surface area contributed by atoms with Gasteiger partial charge in [0.1, 0.15) is 18.1 Å². The first kappa shape index (κ1) is 26.5. The first-order valence-corrected chi connectivity index (χ1v) is 12.3. The van der Waals surface area contributed by atoms with Gasteiger partial charge < -0.3 is 26.6 Å². The molecule has 1 saturated carbocycles. The highest BCUT2D eigenvalue weighted by atomic mass is 16.4. The van der Waals surface area contributed by atoms with Crippen LogP contribution in [0.25, 0.3) is 0 Å². The summed E-state index contributed by atoms with van der Waals surface area (Å²) in [6, 6.07) is 3.45. The molecule has 1 saturated heterocycles. The molecule has 6 N–H and O–H groups in total. The predicted molar refractivity (Wildman–Crippen MR) is 132 cm³/mol. The number of carbonyl (C=O) groups is 3. The van der Waals surface area contributed by atoms with Gasteiger partial charge in [0, 0.05) is 12.1 Å². The fraction of sp³-hybridized carbons (Fsp3) is 0.600. The number of hydrogen-bond donors (Lipinski definition) is 4. The van der Waals surface area contributed by atoms with Crippen LogP contribution in [0.2, 0.25) is 0 Å². The molecule has 0 spiro atoms. The van der Waals surface area contributed by atoms with Gasteiger partial charge in [-0.1, -0.05) is 25.3 Å². The molecular weight excluding hydrogens is 450 g/mol. The van der Waals surface area contributed by atoms with Crippen LogP contribution in [0.1, 0.15) is 69.9 Å². The number of carboxylic acids is 1. The number of imide groups is 1. The molecule has 10 nitrogen and oxygen atoms in total. The van der Waals surface area contributed by atoms with Crippen LogP contribution in [-0.4, -0.2) is 68.4 Å². The van der Waals surface area contributed by atoms with E-state index in [0.29, 0.717) is 11.5 Å². The van der Waals surface area contributed by atoms with Crippen molar-refractivity contribution >= 4 is 23.7 Å². The van der Waals surface area contributed by atoms with E-state index in [0.717, 1.165) is 25.7 Å². The molecule has 10 heteroatoms. The number of amidine groups is 1. The highest BCUT2D eigenvalue weighted by Crippen LogP contribution is 2.37. The molecule has 1 aliphatic carbocycles. The lowest BCUT2D eigenvalue weighted by atomic mass is 9.83. The minimum Gasteiger partial charge on any atom is -0.507 e. The van der Waals surface area contributed by atoms with Crippen LogP contribution < -0.4 is 11.5 Å². The number of carboxylic acid groups (broad SMARTS) is 1. The lowest BCUT2D eigenvalue weighted by Gasteiger charge is -2.38. The number of urea groups is 1. The third-order valence-electron chi connectivity index (χ3n) is 7.08. The summed E-state index contributed by atoms with van der Waals surface area (Å²) in [6.45, 7) is 3.00. The van der Waals surface area contributed by atoms with Crippen molar-refractivity contribution < 1.29 is 24.6 Å². The van der Waals surface area contributed by atoms with Crippen molar-refractivity contribution in [3.63, 3.8) is 0 Å². The monoisotopic (exact) mass is 487 g/mol. The SMILES string of the molecule is C[C@H](N)C(=O)N(Cc1ccc(C(N)=NCC(=O)O)c(O)c1)C(=O)N1C(C2CCCCC2)CC[C@H]1C. The fourth-order valence-electron chi connectivity index (χ4n) is 5.27. The number of hydrogen-bond acceptors (Lipinski definition) is 6. The lowest BCUT2D eigenvalue weighted by Crippen LogP contribution is -2.54. The van der Waals surface area contributed by atoms with Crippen molar-refractivity contribution in [2.45, 2.75) is 83.5 Å². The Morgan fingerprint density at radius 2 is 1.86 bits per heavy atom. The second-order valence-corrected chi connectivity index (χ2v) is 9.74. The maximum Gasteiger partial charge on any atom is 0.327 e. The summed E-state index contributed by atoms with van der Waals surface area (Å²) in [4.78, 5) is 44.3. The molecule has 0 aromatic heterocycles. The van der Waals surface area contributed by atoms with Crippen molar-refractivity contribution in [2.75, 3.05) is 6.54 Å². The van der Waals surface area contributed by atoms with Gasteiger partial charge in [-0.25, -0.2) is 4.79 Å². The third-order valence-corrected chi connectivity index (χ3v) is 7.08. The Hall–Kier alpha value is -3.14. The number of amides is 3. The quantitative estimate of drug-likeness (QED) is 0.339. The van der Waals surface area contributed by atoms with Crippen LogP contribution in [0, 0.1) is 5.92 Å². The van der Waals surface area contributed by atoms with E-state index in [-0.39, 0.29) is 41.8 Å². The average Bonchev–Trinajstić information content (AvgIpc) is 3.22. The first-order valence-electron chi connectivity index (χ1n) is 12.3. The molecule has 1 aliphatic heterocycles. The number of benzene rings is 1. The number of aliphatic imine (C=N–C) groups is 1. The summed E-state index contributed by atoms with van der Waals surface area (Å²) >= 11 is 0. The number of nitrogens with zero attached hydrogens (tertiary/aromatic N) is 3. The standard InChI is InChI=1S/C25H37N5O5/c1-15-8-11-20(18-6-4-3-5-7-18)30(15)25(35)29(24(34)16(2)26)14-17-9-10-19(21(31)12-17)23(27)28-13-22(32)33/h9-10,12,15-16,18,20,31H,3-8,11,13-14,26H2,1-2H3,(H2,27,28)(H,32,33)/t15-,16+,20?/m1/s1. The maximum atomic E-state index is 13.8. The minimum atomic E-state index is -1.14. The molecule has 1 unspecified atom stereocenters. The van der Waals surface area contributed by atoms with Gasteiger partial charge in [0.05, 0.1) is 18.2 Å². The molecule has 3 rings (SSSR count). The molecule has 2 aliphatic rings. The summed E-state index contributed by atoms with van der Waals surface area (Å²) in [7, 11) is 0. The van der Waals surface area contributed by atoms with Crippen LogP contribution in [0.3, 0.4) is 0 Å². The number of likely N-dealkylation sites (tertiary alicyclic amines) is 1. The Labute approximate surface area is 206 Å². The van der Waals surface area contributed by atoms with Crippen LogP contribution in [0.4, 0.5) is 4.79 Å². The van der Waals surface area contributed by atoms with Gasteiger partial charge in [-0.05, 0) is 63.1 Å². The molecule has 1 heterocycles. The van der Waals surface area contributed by atoms with Gasteiger partial charge in [0.25, 0.3) is 0 Å². The Morgan fingerprint density at radius 3 is 2.46 bits per heavy atom. The number of phenols is 1. The minimum absolute atomic E-state index is 0.0267. The lowest BCUT2D eigenvalue weighted by molar-refractivity contribution is -0.135. The summed E-state index contributed by atoms with van der Waals surface area (Å²) < 4.78 is 0. The van der Waals surface area contributed by atoms with Gasteiger partial charge in [-0.3, -0.25) is 19.5 Å². The Bertz CT molecular complexity index is 973. The van der Waals surface area contributed by atoms with Gasteiger partial charge in [0.15, 0.2) is 0 Å². The van der Waals surface area contributed by atoms with Gasteiger partial charge in [-0.15, -0.1) is 0 Å². The first-order chi connectivity index (χ1) is 16.6. The number of phenolic OH excluding ortho intramolecular Hbond substituents is 1. The summed E-state index contributed by atoms with van der Waals surface area (Å²) in [5.74, 6) is -1.51. The summed E-state index contributed by atoms with van der Waals surface area (Å²) in [5, 5.41) is 19.2. The van der Waals surface area contributed by atoms with Crippen molar-refractivity contribution in [1.82, 2.24) is 9.80 Å². The van der Waals surface area contributed by atoms with Gasteiger partial charge in [-0.2, -0.15) is 0 Å². The van der Waals surface area contributed by atoms with E-state index >= 15 is 0 Å². The Balaban J connectivity index is 1.84. The second kappa shape index (κ2) is 11.5. The number of rotatable bonds is 7. The predicted octanol–water partition coefficient (Wildman–Crippen LogP) is 2.41. The molecule has 3 amide bonds. The van der Waals surface area contributed by atoms with E-state index in [1.807, 2.05) is 11.8 Å². The maximum absolute atomic E-state index is 13.8. The van der Waals surface area contributed by atoms with E-state index < -0.39 is 24.5 Å². The van der Waals surface area contributed by atoms with E-state index in [1.165, 1.54) is 36.3 Å². The molecule has 0 bridgehead atoms. The smallest absolute Gasteiger partial charge is 0.327 e. The summed E-state index contributed by atoms with van der Waals surface area (Å²) in [6.07, 6.45) is 7.60. The third kappa shape index (κ3) is 6.30. The zero-order valence-corrected chi connectivity index (χ0v) is 20.5.